The fourth-order valence-electron chi connectivity index (χ4n) is 1.59. The van der Waals surface area contributed by atoms with Crippen LogP contribution in [0.3, 0.4) is 0 Å². The third-order valence-electron chi connectivity index (χ3n) is 3.22. The van der Waals surface area contributed by atoms with Crippen LogP contribution in [0.15, 0.2) is 0 Å². The predicted octanol–water partition coefficient (Wildman–Crippen LogP) is 0.565. The number of hydrogen-bond acceptors (Lipinski definition) is 7. The molecule has 152 valence electrons. The summed E-state index contributed by atoms with van der Waals surface area (Å²) in [5.41, 5.74) is 10.3. The van der Waals surface area contributed by atoms with Crippen LogP contribution in [0.2, 0.25) is 0 Å². The van der Waals surface area contributed by atoms with Gasteiger partial charge in [-0.2, -0.15) is 0 Å². The van der Waals surface area contributed by atoms with Crippen LogP contribution >= 0.6 is 0 Å². The van der Waals surface area contributed by atoms with Crippen molar-refractivity contribution < 1.29 is 39.2 Å². The molecule has 0 aromatic rings. The second-order valence-corrected chi connectivity index (χ2v) is 5.64. The van der Waals surface area contributed by atoms with Crippen molar-refractivity contribution in [1.29, 1.82) is 0 Å². The molecule has 26 heavy (non-hydrogen) atoms. The Bertz CT molecular complexity index is 442. The van der Waals surface area contributed by atoms with Gasteiger partial charge in [-0.3, -0.25) is 19.2 Å². The molecule has 0 amide bonds. The third kappa shape index (κ3) is 18.1. The average molecular weight is 378 g/mol. The van der Waals surface area contributed by atoms with Crippen molar-refractivity contribution in [3.05, 3.63) is 0 Å². The van der Waals surface area contributed by atoms with Crippen LogP contribution in [0.5, 0.6) is 0 Å². The molecule has 0 saturated heterocycles. The lowest BCUT2D eigenvalue weighted by molar-refractivity contribution is -0.145. The van der Waals surface area contributed by atoms with E-state index in [2.05, 4.69) is 6.92 Å². The van der Waals surface area contributed by atoms with E-state index >= 15 is 0 Å². The first kappa shape index (κ1) is 26.0. The summed E-state index contributed by atoms with van der Waals surface area (Å²) in [4.78, 5) is 41.4. The minimum atomic E-state index is -1.17. The minimum Gasteiger partial charge on any atom is -0.481 e. The highest BCUT2D eigenvalue weighted by Crippen LogP contribution is 2.01. The van der Waals surface area contributed by atoms with E-state index in [4.69, 9.17) is 31.5 Å². The Labute approximate surface area is 152 Å². The second-order valence-electron chi connectivity index (χ2n) is 5.64. The zero-order valence-corrected chi connectivity index (χ0v) is 15.1. The lowest BCUT2D eigenvalue weighted by atomic mass is 10.2. The first-order valence-corrected chi connectivity index (χ1v) is 8.45. The highest BCUT2D eigenvalue weighted by atomic mass is 16.5. The molecule has 0 heterocycles. The zero-order chi connectivity index (χ0) is 20.5. The Kier molecular flexibility index (Phi) is 16.3. The number of carbonyl (C=O) groups is 4. The Morgan fingerprint density at radius 1 is 0.846 bits per heavy atom. The van der Waals surface area contributed by atoms with Gasteiger partial charge in [-0.1, -0.05) is 26.2 Å². The molecule has 0 radical (unpaired) electrons. The van der Waals surface area contributed by atoms with Gasteiger partial charge in [-0.15, -0.1) is 0 Å². The topological polar surface area (TPSA) is 190 Å². The largest absolute Gasteiger partial charge is 0.481 e. The fourth-order valence-corrected chi connectivity index (χ4v) is 1.59. The molecule has 0 bridgehead atoms. The van der Waals surface area contributed by atoms with Crippen molar-refractivity contribution in [3.8, 4) is 0 Å². The Morgan fingerprint density at radius 3 is 1.77 bits per heavy atom. The summed E-state index contributed by atoms with van der Waals surface area (Å²) >= 11 is 0. The van der Waals surface area contributed by atoms with Crippen LogP contribution < -0.4 is 11.5 Å². The average Bonchev–Trinajstić information content (AvgIpc) is 2.57. The smallest absolute Gasteiger partial charge is 0.320 e. The van der Waals surface area contributed by atoms with Gasteiger partial charge in [0.2, 0.25) is 0 Å². The summed E-state index contributed by atoms with van der Waals surface area (Å²) < 4.78 is 4.93. The summed E-state index contributed by atoms with van der Waals surface area (Å²) in [6.45, 7) is 2.53. The van der Waals surface area contributed by atoms with Gasteiger partial charge in [0.1, 0.15) is 12.1 Å². The standard InChI is InChI=1S/C11H21NO4.C5H9NO4/c1-2-3-4-5-8-16-10(13)7-6-9(12)11(14)15;6-3(5(9)10)1-2-4(7)8/h9H,2-8,12H2,1H3,(H,14,15);3H,1-2,6H2,(H,7,8)(H,9,10)/t;3-/m.0/s1. The molecule has 7 N–H and O–H groups in total. The van der Waals surface area contributed by atoms with Crippen molar-refractivity contribution in [2.45, 2.75) is 70.4 Å². The Morgan fingerprint density at radius 2 is 1.35 bits per heavy atom. The van der Waals surface area contributed by atoms with Gasteiger partial charge < -0.3 is 31.5 Å². The van der Waals surface area contributed by atoms with Gasteiger partial charge in [0, 0.05) is 12.8 Å². The molecular weight excluding hydrogens is 348 g/mol. The van der Waals surface area contributed by atoms with Crippen LogP contribution in [0.4, 0.5) is 0 Å². The third-order valence-corrected chi connectivity index (χ3v) is 3.22. The molecule has 0 saturated carbocycles. The lowest BCUT2D eigenvalue weighted by Crippen LogP contribution is -2.30. The van der Waals surface area contributed by atoms with Crippen LogP contribution in [0, 0.1) is 0 Å². The van der Waals surface area contributed by atoms with Crippen molar-refractivity contribution >= 4 is 23.9 Å². The summed E-state index contributed by atoms with van der Waals surface area (Å²) in [5.74, 6) is -3.65. The molecule has 0 aromatic carbocycles. The van der Waals surface area contributed by atoms with E-state index in [0.717, 1.165) is 25.7 Å². The van der Waals surface area contributed by atoms with Crippen LogP contribution in [0.25, 0.3) is 0 Å². The summed E-state index contributed by atoms with van der Waals surface area (Å²) in [6, 6.07) is -2.04. The van der Waals surface area contributed by atoms with E-state index in [1.807, 2.05) is 0 Å². The predicted molar refractivity (Wildman–Crippen MR) is 92.4 cm³/mol. The molecule has 1 unspecified atom stereocenters. The van der Waals surface area contributed by atoms with Crippen LogP contribution in [-0.4, -0.2) is 57.9 Å². The van der Waals surface area contributed by atoms with Crippen LogP contribution in [0.1, 0.15) is 58.3 Å². The first-order valence-electron chi connectivity index (χ1n) is 8.45. The lowest BCUT2D eigenvalue weighted by Gasteiger charge is -2.06. The van der Waals surface area contributed by atoms with Crippen molar-refractivity contribution in [1.82, 2.24) is 0 Å². The quantitative estimate of drug-likeness (QED) is 0.223. The van der Waals surface area contributed by atoms with Gasteiger partial charge in [-0.05, 0) is 19.3 Å². The van der Waals surface area contributed by atoms with Gasteiger partial charge in [0.05, 0.1) is 6.61 Å². The van der Waals surface area contributed by atoms with Gasteiger partial charge in [0.25, 0.3) is 0 Å². The van der Waals surface area contributed by atoms with Crippen LogP contribution in [-0.2, 0) is 23.9 Å². The number of esters is 1. The number of carbonyl (C=O) groups excluding carboxylic acids is 1. The molecular formula is C16H30N2O8. The van der Waals surface area contributed by atoms with E-state index in [1.54, 1.807) is 0 Å². The highest BCUT2D eigenvalue weighted by Gasteiger charge is 2.14. The number of aliphatic carboxylic acids is 3. The van der Waals surface area contributed by atoms with Gasteiger partial charge in [0.15, 0.2) is 0 Å². The van der Waals surface area contributed by atoms with Crippen molar-refractivity contribution in [3.63, 3.8) is 0 Å². The number of carboxylic acid groups (broad SMARTS) is 3. The monoisotopic (exact) mass is 378 g/mol. The number of nitrogens with two attached hydrogens (primary N) is 2. The number of unbranched alkanes of at least 4 members (excludes halogenated alkanes) is 3. The van der Waals surface area contributed by atoms with E-state index in [9.17, 15) is 19.2 Å². The second kappa shape index (κ2) is 16.3. The van der Waals surface area contributed by atoms with Gasteiger partial charge in [-0.25, -0.2) is 0 Å². The van der Waals surface area contributed by atoms with E-state index in [0.29, 0.717) is 6.61 Å². The summed E-state index contributed by atoms with van der Waals surface area (Å²) in [5, 5.41) is 24.8. The summed E-state index contributed by atoms with van der Waals surface area (Å²) in [6.07, 6.45) is 4.17. The SMILES string of the molecule is CCCCCCOC(=O)CCC(N)C(=O)O.N[C@@H](CCC(=O)O)C(=O)O. The number of carboxylic acids is 3. The Balaban J connectivity index is 0. The molecule has 10 heteroatoms. The van der Waals surface area contributed by atoms with E-state index < -0.39 is 30.0 Å². The summed E-state index contributed by atoms with van der Waals surface area (Å²) in [7, 11) is 0. The van der Waals surface area contributed by atoms with E-state index in [-0.39, 0.29) is 31.7 Å². The molecule has 0 aromatic heterocycles. The fraction of sp³-hybridized carbons (Fsp3) is 0.750. The molecule has 10 nitrogen and oxygen atoms in total. The van der Waals surface area contributed by atoms with Gasteiger partial charge >= 0.3 is 23.9 Å². The maximum absolute atomic E-state index is 11.1. The molecule has 0 fully saturated rings. The molecule has 0 aliphatic carbocycles. The molecule has 0 aliphatic rings. The minimum absolute atomic E-state index is 0.0231. The number of rotatable bonds is 13. The van der Waals surface area contributed by atoms with Crippen molar-refractivity contribution in [2.24, 2.45) is 11.5 Å². The maximum Gasteiger partial charge on any atom is 0.320 e. The normalized spacial score (nSPS) is 12.3. The van der Waals surface area contributed by atoms with E-state index in [1.165, 1.54) is 0 Å². The highest BCUT2D eigenvalue weighted by molar-refractivity contribution is 5.75. The molecule has 0 spiro atoms. The molecule has 2 atom stereocenters. The van der Waals surface area contributed by atoms with Crippen molar-refractivity contribution in [2.75, 3.05) is 6.61 Å². The zero-order valence-electron chi connectivity index (χ0n) is 15.1. The maximum atomic E-state index is 11.1. The molecule has 0 rings (SSSR count). The first-order chi connectivity index (χ1) is 12.1. The number of ether oxygens (including phenoxy) is 1. The molecule has 0 aliphatic heterocycles. The Hall–Kier alpha value is -2.20. The number of hydrogen-bond donors (Lipinski definition) is 5.